The van der Waals surface area contributed by atoms with Crippen LogP contribution in [0.2, 0.25) is 10.0 Å². The number of fused-ring (bicyclic) bond motifs is 4. The summed E-state index contributed by atoms with van der Waals surface area (Å²) in [6.45, 7) is 2.24. The van der Waals surface area contributed by atoms with E-state index in [0.29, 0.717) is 54.2 Å². The predicted octanol–water partition coefficient (Wildman–Crippen LogP) is 6.78. The number of aromatic nitrogens is 2. The summed E-state index contributed by atoms with van der Waals surface area (Å²) in [7, 11) is -1.69. The molecule has 13 heteroatoms. The van der Waals surface area contributed by atoms with Crippen LogP contribution in [-0.4, -0.2) is 64.5 Å². The number of nitrogens with one attached hydrogen (secondary N) is 1. The number of allylic oxidation sites excluding steroid dienone is 1. The Kier molecular flexibility index (Phi) is 10.3. The van der Waals surface area contributed by atoms with Crippen molar-refractivity contribution in [1.82, 2.24) is 14.5 Å². The van der Waals surface area contributed by atoms with E-state index in [0.717, 1.165) is 49.4 Å². The number of carbonyl (C=O) groups is 2. The summed E-state index contributed by atoms with van der Waals surface area (Å²) in [6, 6.07) is 11.5. The molecule has 0 saturated heterocycles. The standard InChI is InChI=1S/C37H43Cl2N5O5S/c1-48-33-7-3-2-4-17-50(47,41-35(45)14-16-44-22-29(39)20-40-44)42-36(46)26-9-13-34-32(19-26)43(21-27-8-11-30(27)33)23-37(24-49-34)15-5-6-25-18-28(38)10-12-31(25)37/h3,7,9-10,12-13,18-20,22,27,30,33H,2,4-6,8,11,14-17,21,23-24H2,1H3,(H,41,42,45,46,47)/b7-3-/t27-,30+,33-,37-,50?/m0/s1. The normalized spacial score (nSPS) is 28.7. The monoisotopic (exact) mass is 739 g/mol. The molecular formula is C37H43Cl2N5O5S. The number of ether oxygens (including phenoxy) is 2. The summed E-state index contributed by atoms with van der Waals surface area (Å²) in [5.74, 6) is 0.338. The van der Waals surface area contributed by atoms with Crippen molar-refractivity contribution in [2.75, 3.05) is 37.5 Å². The molecule has 3 heterocycles. The van der Waals surface area contributed by atoms with Crippen molar-refractivity contribution in [1.29, 1.82) is 0 Å². The van der Waals surface area contributed by atoms with E-state index < -0.39 is 21.7 Å². The number of rotatable bonds is 5. The van der Waals surface area contributed by atoms with E-state index >= 15 is 0 Å². The Labute approximate surface area is 303 Å². The molecule has 1 saturated carbocycles. The molecule has 50 heavy (non-hydrogen) atoms. The fourth-order valence-corrected chi connectivity index (χ4v) is 10.00. The molecule has 1 spiro atoms. The second kappa shape index (κ2) is 14.7. The lowest BCUT2D eigenvalue weighted by Gasteiger charge is -2.46. The quantitative estimate of drug-likeness (QED) is 0.287. The Morgan fingerprint density at radius 3 is 2.82 bits per heavy atom. The van der Waals surface area contributed by atoms with Crippen molar-refractivity contribution in [2.45, 2.75) is 69.4 Å². The van der Waals surface area contributed by atoms with E-state index in [1.807, 2.05) is 18.2 Å². The zero-order valence-corrected chi connectivity index (χ0v) is 30.5. The van der Waals surface area contributed by atoms with Crippen molar-refractivity contribution >= 4 is 50.6 Å². The fourth-order valence-electron chi connectivity index (χ4n) is 8.02. The molecule has 266 valence electrons. The molecule has 3 aromatic rings. The number of carbonyl (C=O) groups excluding carboxylic acids is 2. The molecule has 2 amide bonds. The number of hydrogen-bond acceptors (Lipinski definition) is 7. The third kappa shape index (κ3) is 7.47. The Bertz CT molecular complexity index is 1920. The molecule has 1 fully saturated rings. The first-order chi connectivity index (χ1) is 24.1. The smallest absolute Gasteiger partial charge is 0.286 e. The highest BCUT2D eigenvalue weighted by Crippen LogP contribution is 2.47. The van der Waals surface area contributed by atoms with Crippen molar-refractivity contribution < 1.29 is 23.3 Å². The summed E-state index contributed by atoms with van der Waals surface area (Å²) in [5, 5.41) is 5.29. The molecule has 1 aromatic heterocycles. The Hall–Kier alpha value is -3.38. The van der Waals surface area contributed by atoms with Crippen LogP contribution < -0.4 is 14.4 Å². The van der Waals surface area contributed by atoms with E-state index in [-0.39, 0.29) is 30.2 Å². The summed E-state index contributed by atoms with van der Waals surface area (Å²) in [5.41, 5.74) is 3.39. The average molecular weight is 741 g/mol. The molecule has 7 rings (SSSR count). The van der Waals surface area contributed by atoms with E-state index in [4.69, 9.17) is 32.7 Å². The third-order valence-corrected chi connectivity index (χ3v) is 13.0. The van der Waals surface area contributed by atoms with Gasteiger partial charge < -0.3 is 14.4 Å². The van der Waals surface area contributed by atoms with Gasteiger partial charge in [0, 0.05) is 55.4 Å². The van der Waals surface area contributed by atoms with Crippen LogP contribution in [0.15, 0.2) is 65.3 Å². The highest BCUT2D eigenvalue weighted by molar-refractivity contribution is 7.92. The molecule has 0 radical (unpaired) electrons. The van der Waals surface area contributed by atoms with Gasteiger partial charge in [0.15, 0.2) is 0 Å². The largest absolute Gasteiger partial charge is 0.490 e. The average Bonchev–Trinajstić information content (AvgIpc) is 3.44. The number of methoxy groups -OCH3 is 1. The summed E-state index contributed by atoms with van der Waals surface area (Å²) in [4.78, 5) is 29.2. The van der Waals surface area contributed by atoms with Gasteiger partial charge in [-0.3, -0.25) is 19.0 Å². The summed E-state index contributed by atoms with van der Waals surface area (Å²) < 4.78 is 35.2. The maximum Gasteiger partial charge on any atom is 0.286 e. The van der Waals surface area contributed by atoms with E-state index in [1.54, 1.807) is 19.4 Å². The first-order valence-corrected chi connectivity index (χ1v) is 19.9. The number of amides is 2. The molecule has 2 aliphatic carbocycles. The SMILES string of the molecule is CO[C@H]1/C=C\CCCS(=O)(NC(=O)CCn2cc(Cl)cn2)=NC(=O)c2ccc3c(c2)N(C[C@@H]2CC[C@H]21)C[C@@]1(CCCc2cc(Cl)ccc21)CO3. The van der Waals surface area contributed by atoms with E-state index in [2.05, 4.69) is 43.4 Å². The molecule has 1 unspecified atom stereocenters. The van der Waals surface area contributed by atoms with Crippen molar-refractivity contribution in [2.24, 2.45) is 16.2 Å². The van der Waals surface area contributed by atoms with Crippen LogP contribution in [0.4, 0.5) is 5.69 Å². The number of anilines is 1. The van der Waals surface area contributed by atoms with Crippen LogP contribution in [0.5, 0.6) is 5.75 Å². The van der Waals surface area contributed by atoms with Crippen LogP contribution in [0, 0.1) is 11.8 Å². The minimum absolute atomic E-state index is 0.00108. The van der Waals surface area contributed by atoms with Crippen molar-refractivity contribution in [3.63, 3.8) is 0 Å². The highest BCUT2D eigenvalue weighted by atomic mass is 35.5. The lowest BCUT2D eigenvalue weighted by Crippen LogP contribution is -2.49. The van der Waals surface area contributed by atoms with Gasteiger partial charge in [-0.25, -0.2) is 4.21 Å². The van der Waals surface area contributed by atoms with Gasteiger partial charge in [0.25, 0.3) is 5.91 Å². The summed E-state index contributed by atoms with van der Waals surface area (Å²) >= 11 is 12.4. The van der Waals surface area contributed by atoms with Crippen molar-refractivity contribution in [3.05, 3.63) is 87.7 Å². The van der Waals surface area contributed by atoms with Crippen LogP contribution in [0.3, 0.4) is 0 Å². The molecule has 2 aliphatic heterocycles. The van der Waals surface area contributed by atoms with E-state index in [9.17, 15) is 13.8 Å². The Morgan fingerprint density at radius 1 is 1.16 bits per heavy atom. The van der Waals surface area contributed by atoms with Crippen LogP contribution in [-0.2, 0) is 37.8 Å². The minimum Gasteiger partial charge on any atom is -0.490 e. The predicted molar refractivity (Wildman–Crippen MR) is 195 cm³/mol. The zero-order valence-electron chi connectivity index (χ0n) is 28.2. The Morgan fingerprint density at radius 2 is 2.04 bits per heavy atom. The van der Waals surface area contributed by atoms with E-state index in [1.165, 1.54) is 22.0 Å². The third-order valence-electron chi connectivity index (χ3n) is 10.7. The second-order valence-corrected chi connectivity index (χ2v) is 16.9. The number of aryl methyl sites for hydroxylation is 2. The molecule has 2 aromatic carbocycles. The van der Waals surface area contributed by atoms with Gasteiger partial charge in [-0.05, 0) is 98.2 Å². The second-order valence-electron chi connectivity index (χ2n) is 14.0. The number of benzene rings is 2. The molecule has 5 atom stereocenters. The number of nitrogens with zero attached hydrogens (tertiary/aromatic N) is 4. The van der Waals surface area contributed by atoms with Gasteiger partial charge in [0.1, 0.15) is 15.7 Å². The van der Waals surface area contributed by atoms with Gasteiger partial charge in [0.05, 0.1) is 35.4 Å². The maximum absolute atomic E-state index is 14.2. The van der Waals surface area contributed by atoms with Crippen LogP contribution in [0.25, 0.3) is 0 Å². The maximum atomic E-state index is 14.2. The van der Waals surface area contributed by atoms with Crippen LogP contribution in [0.1, 0.15) is 66.4 Å². The van der Waals surface area contributed by atoms with Gasteiger partial charge >= 0.3 is 0 Å². The number of hydrogen-bond donors (Lipinski definition) is 1. The molecule has 2 bridgehead atoms. The number of halogens is 2. The molecule has 4 aliphatic rings. The van der Waals surface area contributed by atoms with Crippen LogP contribution >= 0.6 is 23.2 Å². The van der Waals surface area contributed by atoms with Gasteiger partial charge in [-0.15, -0.1) is 4.36 Å². The molecular weight excluding hydrogens is 697 g/mol. The van der Waals surface area contributed by atoms with Gasteiger partial charge in [-0.1, -0.05) is 41.4 Å². The lowest BCUT2D eigenvalue weighted by molar-refractivity contribution is -0.119. The van der Waals surface area contributed by atoms with Gasteiger partial charge in [-0.2, -0.15) is 5.10 Å². The van der Waals surface area contributed by atoms with Gasteiger partial charge in [0.2, 0.25) is 5.91 Å². The lowest BCUT2D eigenvalue weighted by atomic mass is 9.68. The first-order valence-electron chi connectivity index (χ1n) is 17.4. The zero-order chi connectivity index (χ0) is 34.9. The topological polar surface area (TPSA) is 115 Å². The van der Waals surface area contributed by atoms with Crippen molar-refractivity contribution in [3.8, 4) is 5.75 Å². The Balaban J connectivity index is 1.24. The molecule has 1 N–H and O–H groups in total. The first kappa shape index (κ1) is 35.0. The minimum atomic E-state index is -3.44. The molecule has 10 nitrogen and oxygen atoms in total. The highest BCUT2D eigenvalue weighted by Gasteiger charge is 2.44. The fraction of sp³-hybridized carbons (Fsp3) is 0.486. The summed E-state index contributed by atoms with van der Waals surface area (Å²) in [6.07, 6.45) is 13.4.